The van der Waals surface area contributed by atoms with Crippen molar-refractivity contribution in [3.05, 3.63) is 40.0 Å². The van der Waals surface area contributed by atoms with Crippen LogP contribution in [0, 0.1) is 0 Å². The van der Waals surface area contributed by atoms with Crippen LogP contribution < -0.4 is 0 Å². The van der Waals surface area contributed by atoms with Crippen LogP contribution in [0.4, 0.5) is 0 Å². The first-order valence-corrected chi connectivity index (χ1v) is 5.89. The van der Waals surface area contributed by atoms with Gasteiger partial charge < -0.3 is 0 Å². The largest absolute Gasteiger partial charge is 0.255 e. The third-order valence-electron chi connectivity index (χ3n) is 2.53. The molecule has 0 aliphatic carbocycles. The molecule has 0 spiro atoms. The van der Waals surface area contributed by atoms with Gasteiger partial charge in [-0.2, -0.15) is 0 Å². The van der Waals surface area contributed by atoms with E-state index in [2.05, 4.69) is 25.8 Å². The molecule has 0 unspecified atom stereocenters. The fourth-order valence-electron chi connectivity index (χ4n) is 1.90. The SMILES string of the molecule is CC(C)(C)c1c(Cl)cnc2ccc(Cl)cc12. The van der Waals surface area contributed by atoms with Gasteiger partial charge in [0.15, 0.2) is 0 Å². The smallest absolute Gasteiger partial charge is 0.0707 e. The van der Waals surface area contributed by atoms with Crippen LogP contribution >= 0.6 is 23.2 Å². The number of hydrogen-bond acceptors (Lipinski definition) is 1. The first kappa shape index (κ1) is 11.7. The van der Waals surface area contributed by atoms with Gasteiger partial charge in [-0.3, -0.25) is 4.98 Å². The molecule has 0 radical (unpaired) electrons. The Kier molecular flexibility index (Phi) is 2.85. The maximum atomic E-state index is 6.23. The topological polar surface area (TPSA) is 12.9 Å². The molecule has 0 saturated carbocycles. The van der Waals surface area contributed by atoms with Crippen molar-refractivity contribution in [3.8, 4) is 0 Å². The molecule has 0 fully saturated rings. The van der Waals surface area contributed by atoms with E-state index in [-0.39, 0.29) is 5.41 Å². The normalized spacial score (nSPS) is 12.1. The second-order valence-corrected chi connectivity index (χ2v) is 5.74. The molecule has 1 heterocycles. The molecule has 0 aliphatic heterocycles. The van der Waals surface area contributed by atoms with Crippen LogP contribution in [-0.4, -0.2) is 4.98 Å². The monoisotopic (exact) mass is 253 g/mol. The van der Waals surface area contributed by atoms with Crippen molar-refractivity contribution in [2.45, 2.75) is 26.2 Å². The van der Waals surface area contributed by atoms with Gasteiger partial charge in [-0.1, -0.05) is 44.0 Å². The molecule has 1 aromatic carbocycles. The molecule has 1 aromatic heterocycles. The quantitative estimate of drug-likeness (QED) is 0.655. The summed E-state index contributed by atoms with van der Waals surface area (Å²) in [5, 5.41) is 2.44. The maximum Gasteiger partial charge on any atom is 0.0707 e. The molecule has 0 bridgehead atoms. The summed E-state index contributed by atoms with van der Waals surface area (Å²) in [4.78, 5) is 4.31. The van der Waals surface area contributed by atoms with E-state index in [0.29, 0.717) is 10.0 Å². The number of nitrogens with zero attached hydrogens (tertiary/aromatic N) is 1. The minimum Gasteiger partial charge on any atom is -0.255 e. The molecule has 0 atom stereocenters. The number of fused-ring (bicyclic) bond motifs is 1. The predicted octanol–water partition coefficient (Wildman–Crippen LogP) is 4.84. The summed E-state index contributed by atoms with van der Waals surface area (Å²) < 4.78 is 0. The van der Waals surface area contributed by atoms with Gasteiger partial charge in [-0.05, 0) is 29.2 Å². The van der Waals surface area contributed by atoms with Gasteiger partial charge in [-0.25, -0.2) is 0 Å². The molecular weight excluding hydrogens is 241 g/mol. The highest BCUT2D eigenvalue weighted by molar-refractivity contribution is 6.33. The fraction of sp³-hybridized carbons (Fsp3) is 0.308. The van der Waals surface area contributed by atoms with E-state index in [1.807, 2.05) is 18.2 Å². The van der Waals surface area contributed by atoms with Gasteiger partial charge >= 0.3 is 0 Å². The molecule has 0 saturated heterocycles. The van der Waals surface area contributed by atoms with Gasteiger partial charge in [0.1, 0.15) is 0 Å². The predicted molar refractivity (Wildman–Crippen MR) is 70.5 cm³/mol. The van der Waals surface area contributed by atoms with E-state index in [1.54, 1.807) is 6.20 Å². The van der Waals surface area contributed by atoms with Gasteiger partial charge in [0.2, 0.25) is 0 Å². The third kappa shape index (κ3) is 2.02. The molecule has 1 nitrogen and oxygen atoms in total. The minimum atomic E-state index is -0.0248. The summed E-state index contributed by atoms with van der Waals surface area (Å²) in [6.07, 6.45) is 1.71. The van der Waals surface area contributed by atoms with Crippen molar-refractivity contribution in [2.75, 3.05) is 0 Å². The highest BCUT2D eigenvalue weighted by atomic mass is 35.5. The van der Waals surface area contributed by atoms with Crippen molar-refractivity contribution in [3.63, 3.8) is 0 Å². The average Bonchev–Trinajstić information content (AvgIpc) is 2.14. The molecule has 2 rings (SSSR count). The number of pyridine rings is 1. The Balaban J connectivity index is 2.88. The molecule has 0 aliphatic rings. The Morgan fingerprint density at radius 2 is 1.81 bits per heavy atom. The van der Waals surface area contributed by atoms with Crippen LogP contribution in [0.15, 0.2) is 24.4 Å². The molecule has 84 valence electrons. The van der Waals surface area contributed by atoms with E-state index < -0.39 is 0 Å². The van der Waals surface area contributed by atoms with Crippen LogP contribution in [0.1, 0.15) is 26.3 Å². The van der Waals surface area contributed by atoms with Crippen LogP contribution in [0.2, 0.25) is 10.0 Å². The molecule has 0 N–H and O–H groups in total. The Bertz CT molecular complexity index is 536. The number of aromatic nitrogens is 1. The highest BCUT2D eigenvalue weighted by Crippen LogP contribution is 2.35. The van der Waals surface area contributed by atoms with Crippen molar-refractivity contribution >= 4 is 34.1 Å². The summed E-state index contributed by atoms with van der Waals surface area (Å²) in [6, 6.07) is 5.69. The number of rotatable bonds is 0. The second-order valence-electron chi connectivity index (χ2n) is 4.89. The van der Waals surface area contributed by atoms with Gasteiger partial charge in [0, 0.05) is 16.6 Å². The second kappa shape index (κ2) is 3.90. The third-order valence-corrected chi connectivity index (χ3v) is 3.06. The minimum absolute atomic E-state index is 0.0248. The zero-order valence-electron chi connectivity index (χ0n) is 9.51. The zero-order valence-corrected chi connectivity index (χ0v) is 11.0. The number of hydrogen-bond donors (Lipinski definition) is 0. The lowest BCUT2D eigenvalue weighted by Crippen LogP contribution is -2.13. The Morgan fingerprint density at radius 3 is 2.44 bits per heavy atom. The lowest BCUT2D eigenvalue weighted by atomic mass is 9.85. The fourth-order valence-corrected chi connectivity index (χ4v) is 2.51. The summed E-state index contributed by atoms with van der Waals surface area (Å²) in [6.45, 7) is 6.40. The van der Waals surface area contributed by atoms with E-state index in [9.17, 15) is 0 Å². The Hall–Kier alpha value is -0.790. The van der Waals surface area contributed by atoms with Crippen LogP contribution in [0.5, 0.6) is 0 Å². The Labute approximate surface area is 105 Å². The van der Waals surface area contributed by atoms with E-state index in [4.69, 9.17) is 23.2 Å². The van der Waals surface area contributed by atoms with Gasteiger partial charge in [0.25, 0.3) is 0 Å². The highest BCUT2D eigenvalue weighted by Gasteiger charge is 2.20. The maximum absolute atomic E-state index is 6.23. The summed E-state index contributed by atoms with van der Waals surface area (Å²) >= 11 is 12.3. The zero-order chi connectivity index (χ0) is 11.9. The first-order valence-electron chi connectivity index (χ1n) is 5.14. The molecule has 2 aromatic rings. The van der Waals surface area contributed by atoms with Gasteiger partial charge in [-0.15, -0.1) is 0 Å². The van der Waals surface area contributed by atoms with Gasteiger partial charge in [0.05, 0.1) is 10.5 Å². The molecular formula is C13H13Cl2N. The van der Waals surface area contributed by atoms with Crippen LogP contribution in [0.3, 0.4) is 0 Å². The van der Waals surface area contributed by atoms with E-state index >= 15 is 0 Å². The van der Waals surface area contributed by atoms with E-state index in [0.717, 1.165) is 16.5 Å². The van der Waals surface area contributed by atoms with E-state index in [1.165, 1.54) is 0 Å². The van der Waals surface area contributed by atoms with Crippen molar-refractivity contribution < 1.29 is 0 Å². The summed E-state index contributed by atoms with van der Waals surface area (Å²) in [5.41, 5.74) is 2.00. The van der Waals surface area contributed by atoms with Crippen molar-refractivity contribution in [2.24, 2.45) is 0 Å². The first-order chi connectivity index (χ1) is 7.39. The van der Waals surface area contributed by atoms with Crippen LogP contribution in [-0.2, 0) is 5.41 Å². The number of halogens is 2. The Morgan fingerprint density at radius 1 is 1.12 bits per heavy atom. The number of benzene rings is 1. The van der Waals surface area contributed by atoms with Crippen molar-refractivity contribution in [1.82, 2.24) is 4.98 Å². The lowest BCUT2D eigenvalue weighted by Gasteiger charge is -2.22. The summed E-state index contributed by atoms with van der Waals surface area (Å²) in [5.74, 6) is 0. The van der Waals surface area contributed by atoms with Crippen molar-refractivity contribution in [1.29, 1.82) is 0 Å². The average molecular weight is 254 g/mol. The summed E-state index contributed by atoms with van der Waals surface area (Å²) in [7, 11) is 0. The molecule has 3 heteroatoms. The van der Waals surface area contributed by atoms with Crippen LogP contribution in [0.25, 0.3) is 10.9 Å². The molecule has 16 heavy (non-hydrogen) atoms. The standard InChI is InChI=1S/C13H13Cl2N/c1-13(2,3)12-9-6-8(14)4-5-11(9)16-7-10(12)15/h4-7H,1-3H3. The lowest BCUT2D eigenvalue weighted by molar-refractivity contribution is 0.595. The molecule has 0 amide bonds.